The second-order valence-electron chi connectivity index (χ2n) is 6.07. The first-order valence-electron chi connectivity index (χ1n) is 7.98. The van der Waals surface area contributed by atoms with Crippen LogP contribution in [0.2, 0.25) is 0 Å². The van der Waals surface area contributed by atoms with E-state index in [0.717, 1.165) is 18.4 Å². The molecule has 1 heterocycles. The minimum absolute atomic E-state index is 0.0189. The predicted octanol–water partition coefficient (Wildman–Crippen LogP) is 4.20. The van der Waals surface area contributed by atoms with E-state index in [1.807, 2.05) is 20.8 Å². The van der Waals surface area contributed by atoms with E-state index < -0.39 is 17.5 Å². The zero-order chi connectivity index (χ0) is 18.7. The molecule has 0 radical (unpaired) electrons. The molecule has 1 N–H and O–H groups in total. The Morgan fingerprint density at radius 1 is 1.16 bits per heavy atom. The topological polar surface area (TPSA) is 68.0 Å². The van der Waals surface area contributed by atoms with Crippen molar-refractivity contribution in [1.29, 1.82) is 0 Å². The normalized spacial score (nSPS) is 12.2. The summed E-state index contributed by atoms with van der Waals surface area (Å²) in [7, 11) is 0. The summed E-state index contributed by atoms with van der Waals surface area (Å²) in [6, 6.07) is 6.58. The molecule has 0 saturated carbocycles. The van der Waals surface area contributed by atoms with Crippen LogP contribution >= 0.6 is 0 Å². The van der Waals surface area contributed by atoms with Crippen LogP contribution in [-0.2, 0) is 17.5 Å². The fourth-order valence-corrected chi connectivity index (χ4v) is 2.19. The van der Waals surface area contributed by atoms with Crippen molar-refractivity contribution in [3.05, 3.63) is 35.7 Å². The highest BCUT2D eigenvalue weighted by Crippen LogP contribution is 2.29. The highest BCUT2D eigenvalue weighted by Gasteiger charge is 2.38. The van der Waals surface area contributed by atoms with Gasteiger partial charge in [0.25, 0.3) is 0 Å². The molecule has 0 aliphatic heterocycles. The number of carbonyl (C=O) groups is 1. The number of rotatable bonds is 6. The number of alkyl halides is 3. The van der Waals surface area contributed by atoms with Gasteiger partial charge in [0.1, 0.15) is 0 Å². The van der Waals surface area contributed by atoms with E-state index >= 15 is 0 Å². The predicted molar refractivity (Wildman–Crippen MR) is 85.3 cm³/mol. The number of halogens is 3. The zero-order valence-corrected chi connectivity index (χ0v) is 14.3. The van der Waals surface area contributed by atoms with Crippen LogP contribution in [0.15, 0.2) is 28.8 Å². The third kappa shape index (κ3) is 4.37. The van der Waals surface area contributed by atoms with Crippen molar-refractivity contribution >= 4 is 5.91 Å². The molecule has 8 heteroatoms. The molecular formula is C17H20F3N3O2. The van der Waals surface area contributed by atoms with Gasteiger partial charge < -0.3 is 9.84 Å². The van der Waals surface area contributed by atoms with Gasteiger partial charge in [0.15, 0.2) is 0 Å². The summed E-state index contributed by atoms with van der Waals surface area (Å²) >= 11 is 0. The first kappa shape index (κ1) is 19.0. The van der Waals surface area contributed by atoms with Gasteiger partial charge in [-0.15, -0.1) is 0 Å². The van der Waals surface area contributed by atoms with Crippen LogP contribution in [0, 0.1) is 5.41 Å². The van der Waals surface area contributed by atoms with E-state index in [4.69, 9.17) is 0 Å². The van der Waals surface area contributed by atoms with E-state index in [0.29, 0.717) is 12.1 Å². The third-order valence-corrected chi connectivity index (χ3v) is 4.44. The molecule has 1 aromatic carbocycles. The zero-order valence-electron chi connectivity index (χ0n) is 14.3. The van der Waals surface area contributed by atoms with Crippen molar-refractivity contribution in [1.82, 2.24) is 15.5 Å². The molecule has 2 aromatic rings. The Morgan fingerprint density at radius 2 is 1.76 bits per heavy atom. The van der Waals surface area contributed by atoms with Gasteiger partial charge in [0.05, 0.1) is 0 Å². The third-order valence-electron chi connectivity index (χ3n) is 4.44. The van der Waals surface area contributed by atoms with E-state index in [-0.39, 0.29) is 11.7 Å². The molecule has 0 aliphatic carbocycles. The molecule has 0 fully saturated rings. The van der Waals surface area contributed by atoms with Gasteiger partial charge in [-0.05, 0) is 18.4 Å². The Balaban J connectivity index is 2.03. The molecule has 0 spiro atoms. The maximum absolute atomic E-state index is 12.5. The molecule has 0 saturated heterocycles. The number of carbonyl (C=O) groups excluding carboxylic acids is 1. The number of nitrogens with zero attached hydrogens (tertiary/aromatic N) is 2. The van der Waals surface area contributed by atoms with Crippen LogP contribution in [0.5, 0.6) is 0 Å². The Morgan fingerprint density at radius 3 is 2.24 bits per heavy atom. The first-order valence-corrected chi connectivity index (χ1v) is 7.98. The van der Waals surface area contributed by atoms with Crippen LogP contribution in [-0.4, -0.2) is 16.0 Å². The minimum atomic E-state index is -4.67. The first-order chi connectivity index (χ1) is 11.7. The molecule has 0 atom stereocenters. The molecule has 136 valence electrons. The lowest BCUT2D eigenvalue weighted by atomic mass is 9.84. The number of amides is 1. The maximum atomic E-state index is 12.5. The van der Waals surface area contributed by atoms with Gasteiger partial charge in [-0.25, -0.2) is 0 Å². The summed E-state index contributed by atoms with van der Waals surface area (Å²) in [4.78, 5) is 15.6. The molecular weight excluding hydrogens is 335 g/mol. The van der Waals surface area contributed by atoms with Crippen molar-refractivity contribution in [2.45, 2.75) is 46.3 Å². The number of hydrogen-bond acceptors (Lipinski definition) is 4. The van der Waals surface area contributed by atoms with E-state index in [1.165, 1.54) is 0 Å². The van der Waals surface area contributed by atoms with Crippen LogP contribution in [0.1, 0.15) is 45.1 Å². The summed E-state index contributed by atoms with van der Waals surface area (Å²) < 4.78 is 41.6. The van der Waals surface area contributed by atoms with Gasteiger partial charge in [0.2, 0.25) is 11.7 Å². The Hall–Kier alpha value is -2.38. The average Bonchev–Trinajstić information content (AvgIpc) is 3.09. The molecule has 0 aliphatic rings. The monoisotopic (exact) mass is 355 g/mol. The molecule has 5 nitrogen and oxygen atoms in total. The van der Waals surface area contributed by atoms with Crippen LogP contribution < -0.4 is 5.32 Å². The van der Waals surface area contributed by atoms with Gasteiger partial charge in [0, 0.05) is 17.5 Å². The quantitative estimate of drug-likeness (QED) is 0.843. The van der Waals surface area contributed by atoms with Gasteiger partial charge in [-0.1, -0.05) is 50.2 Å². The maximum Gasteiger partial charge on any atom is 0.471 e. The smallest absolute Gasteiger partial charge is 0.352 e. The SMILES string of the molecule is CCC(C)(CC)C(=O)NCc1ccc(-c2noc(C(F)(F)F)n2)cc1. The number of benzene rings is 1. The molecule has 2 rings (SSSR count). The number of nitrogens with one attached hydrogen (secondary N) is 1. The summed E-state index contributed by atoms with van der Waals surface area (Å²) in [5.74, 6) is -1.53. The molecule has 0 unspecified atom stereocenters. The molecule has 1 amide bonds. The Kier molecular flexibility index (Phi) is 5.49. The van der Waals surface area contributed by atoms with Crippen molar-refractivity contribution in [3.8, 4) is 11.4 Å². The lowest BCUT2D eigenvalue weighted by Gasteiger charge is -2.25. The van der Waals surface area contributed by atoms with Crippen molar-refractivity contribution in [2.75, 3.05) is 0 Å². The summed E-state index contributed by atoms with van der Waals surface area (Å²) in [5.41, 5.74) is 0.825. The van der Waals surface area contributed by atoms with E-state index in [9.17, 15) is 18.0 Å². The number of hydrogen-bond donors (Lipinski definition) is 1. The van der Waals surface area contributed by atoms with Crippen LogP contribution in [0.4, 0.5) is 13.2 Å². The van der Waals surface area contributed by atoms with Crippen molar-refractivity contribution in [3.63, 3.8) is 0 Å². The van der Waals surface area contributed by atoms with Crippen molar-refractivity contribution in [2.24, 2.45) is 5.41 Å². The van der Waals surface area contributed by atoms with Gasteiger partial charge >= 0.3 is 12.1 Å². The summed E-state index contributed by atoms with van der Waals surface area (Å²) in [6.07, 6.45) is -3.18. The fourth-order valence-electron chi connectivity index (χ4n) is 2.19. The minimum Gasteiger partial charge on any atom is -0.352 e. The summed E-state index contributed by atoms with van der Waals surface area (Å²) in [5, 5.41) is 6.22. The second kappa shape index (κ2) is 7.25. The highest BCUT2D eigenvalue weighted by atomic mass is 19.4. The average molecular weight is 355 g/mol. The van der Waals surface area contributed by atoms with Crippen LogP contribution in [0.25, 0.3) is 11.4 Å². The lowest BCUT2D eigenvalue weighted by Crippen LogP contribution is -2.37. The Bertz CT molecular complexity index is 719. The number of aromatic nitrogens is 2. The molecule has 1 aromatic heterocycles. The van der Waals surface area contributed by atoms with Gasteiger partial charge in [-0.2, -0.15) is 18.2 Å². The largest absolute Gasteiger partial charge is 0.471 e. The van der Waals surface area contributed by atoms with E-state index in [1.54, 1.807) is 24.3 Å². The fraction of sp³-hybridized carbons (Fsp3) is 0.471. The van der Waals surface area contributed by atoms with E-state index in [2.05, 4.69) is 20.0 Å². The van der Waals surface area contributed by atoms with Gasteiger partial charge in [-0.3, -0.25) is 4.79 Å². The highest BCUT2D eigenvalue weighted by molar-refractivity contribution is 5.82. The van der Waals surface area contributed by atoms with Crippen molar-refractivity contribution < 1.29 is 22.5 Å². The summed E-state index contributed by atoms with van der Waals surface area (Å²) in [6.45, 7) is 6.20. The Labute approximate surface area is 143 Å². The molecule has 0 bridgehead atoms. The standard InChI is InChI=1S/C17H20F3N3O2/c1-4-16(3,5-2)14(24)21-10-11-6-8-12(9-7-11)13-22-15(25-23-13)17(18,19)20/h6-9H,4-5,10H2,1-3H3,(H,21,24). The lowest BCUT2D eigenvalue weighted by molar-refractivity contribution is -0.159. The van der Waals surface area contributed by atoms with Crippen LogP contribution in [0.3, 0.4) is 0 Å². The second-order valence-corrected chi connectivity index (χ2v) is 6.07. The molecule has 25 heavy (non-hydrogen) atoms.